The second-order valence-corrected chi connectivity index (χ2v) is 16.1. The maximum atomic E-state index is 13.0. The molecule has 0 spiro atoms. The first kappa shape index (κ1) is 25.4. The highest BCUT2D eigenvalue weighted by atomic mass is 32.2. The van der Waals surface area contributed by atoms with Gasteiger partial charge in [0.15, 0.2) is 8.32 Å². The number of hydrogen-bond acceptors (Lipinski definition) is 3. The Morgan fingerprint density at radius 1 is 0.914 bits per heavy atom. The number of sulfonamides is 1. The van der Waals surface area contributed by atoms with Crippen LogP contribution in [-0.4, -0.2) is 40.6 Å². The van der Waals surface area contributed by atoms with E-state index in [0.29, 0.717) is 6.54 Å². The van der Waals surface area contributed by atoms with E-state index in [-0.39, 0.29) is 10.9 Å². The summed E-state index contributed by atoms with van der Waals surface area (Å²) in [5.74, 6) is 0. The smallest absolute Gasteiger partial charge is 0.283 e. The highest BCUT2D eigenvalue weighted by Gasteiger charge is 2.49. The summed E-state index contributed by atoms with van der Waals surface area (Å²) in [6.07, 6.45) is 3.31. The minimum atomic E-state index is -3.80. The molecule has 7 heteroatoms. The summed E-state index contributed by atoms with van der Waals surface area (Å²) >= 11 is 0. The van der Waals surface area contributed by atoms with Crippen molar-refractivity contribution >= 4 is 24.7 Å². The minimum Gasteiger partial charge on any atom is -0.402 e. The normalized spacial score (nSPS) is 17.3. The monoisotopic (exact) mass is 506 g/mol. The second kappa shape index (κ2) is 10.1. The number of likely N-dealkylation sites (tertiary alicyclic amines) is 1. The summed E-state index contributed by atoms with van der Waals surface area (Å²) < 4.78 is 37.2. The van der Waals surface area contributed by atoms with Crippen molar-refractivity contribution in [3.63, 3.8) is 0 Å². The molecule has 0 aliphatic carbocycles. The molecule has 0 amide bonds. The lowest BCUT2D eigenvalue weighted by atomic mass is 9.79. The highest BCUT2D eigenvalue weighted by molar-refractivity contribution is 7.90. The van der Waals surface area contributed by atoms with Crippen molar-refractivity contribution in [3.8, 4) is 0 Å². The van der Waals surface area contributed by atoms with Crippen molar-refractivity contribution in [1.29, 1.82) is 0 Å². The fraction of sp³-hybridized carbons (Fsp3) is 0.321. The molecule has 0 N–H and O–H groups in total. The Bertz CT molecular complexity index is 1220. The third-order valence-corrected chi connectivity index (χ3v) is 8.46. The topological polar surface area (TPSA) is 59.0 Å². The lowest BCUT2D eigenvalue weighted by molar-refractivity contribution is 0.0364. The summed E-state index contributed by atoms with van der Waals surface area (Å²) in [6.45, 7) is 9.24. The van der Waals surface area contributed by atoms with E-state index in [9.17, 15) is 8.42 Å². The number of hydrogen-bond donors (Lipinski definition) is 0. The Morgan fingerprint density at radius 2 is 1.46 bits per heavy atom. The van der Waals surface area contributed by atoms with Gasteiger partial charge in [0.2, 0.25) is 0 Å². The Morgan fingerprint density at radius 3 is 1.97 bits per heavy atom. The van der Waals surface area contributed by atoms with E-state index in [4.69, 9.17) is 4.43 Å². The predicted molar refractivity (Wildman–Crippen MR) is 145 cm³/mol. The SMILES string of the molecule is Cc1ccc(S(=O)(=O)N=CN2CCC[C@H]2C(O[Si](C)(C)C)(c2ccccc2)c2ccccc2)cc1. The molecule has 1 saturated heterocycles. The van der Waals surface area contributed by atoms with Gasteiger partial charge in [-0.15, -0.1) is 4.40 Å². The van der Waals surface area contributed by atoms with E-state index in [1.165, 1.54) is 6.34 Å². The molecule has 4 rings (SSSR count). The zero-order valence-electron chi connectivity index (χ0n) is 20.9. The number of nitrogens with zero attached hydrogens (tertiary/aromatic N) is 2. The maximum Gasteiger partial charge on any atom is 0.283 e. The van der Waals surface area contributed by atoms with Gasteiger partial charge < -0.3 is 9.33 Å². The number of rotatable bonds is 8. The Labute approximate surface area is 210 Å². The van der Waals surface area contributed by atoms with Crippen LogP contribution in [0.3, 0.4) is 0 Å². The van der Waals surface area contributed by atoms with E-state index >= 15 is 0 Å². The van der Waals surface area contributed by atoms with Crippen LogP contribution in [0, 0.1) is 6.92 Å². The lowest BCUT2D eigenvalue weighted by Crippen LogP contribution is -2.54. The van der Waals surface area contributed by atoms with Crippen molar-refractivity contribution in [2.24, 2.45) is 4.40 Å². The molecule has 1 aliphatic heterocycles. The van der Waals surface area contributed by atoms with E-state index in [0.717, 1.165) is 29.5 Å². The summed E-state index contributed by atoms with van der Waals surface area (Å²) in [7, 11) is -5.86. The van der Waals surface area contributed by atoms with Crippen molar-refractivity contribution in [3.05, 3.63) is 102 Å². The van der Waals surface area contributed by atoms with Gasteiger partial charge in [-0.3, -0.25) is 0 Å². The highest BCUT2D eigenvalue weighted by Crippen LogP contribution is 2.45. The van der Waals surface area contributed by atoms with Gasteiger partial charge >= 0.3 is 0 Å². The van der Waals surface area contributed by atoms with E-state index in [1.807, 2.05) is 43.3 Å². The maximum absolute atomic E-state index is 13.0. The quantitative estimate of drug-likeness (QED) is 0.214. The summed E-state index contributed by atoms with van der Waals surface area (Å²) in [5, 5.41) is 0. The Kier molecular flexibility index (Phi) is 7.31. The molecule has 0 bridgehead atoms. The molecule has 1 aliphatic rings. The van der Waals surface area contributed by atoms with Gasteiger partial charge in [0.25, 0.3) is 10.0 Å². The average Bonchev–Trinajstić information content (AvgIpc) is 3.31. The molecule has 3 aromatic rings. The van der Waals surface area contributed by atoms with Crippen molar-refractivity contribution in [1.82, 2.24) is 4.90 Å². The largest absolute Gasteiger partial charge is 0.402 e. The van der Waals surface area contributed by atoms with Crippen molar-refractivity contribution in [2.75, 3.05) is 6.54 Å². The lowest BCUT2D eigenvalue weighted by Gasteiger charge is -2.47. The summed E-state index contributed by atoms with van der Waals surface area (Å²) in [4.78, 5) is 2.26. The molecule has 1 atom stereocenters. The molecule has 5 nitrogen and oxygen atoms in total. The van der Waals surface area contributed by atoms with Gasteiger partial charge in [-0.25, -0.2) is 0 Å². The van der Waals surface area contributed by atoms with E-state index < -0.39 is 23.9 Å². The van der Waals surface area contributed by atoms with Gasteiger partial charge in [0, 0.05) is 6.54 Å². The molecule has 0 radical (unpaired) electrons. The van der Waals surface area contributed by atoms with Crippen LogP contribution in [0.1, 0.15) is 29.5 Å². The molecule has 0 aromatic heterocycles. The van der Waals surface area contributed by atoms with Gasteiger partial charge in [-0.1, -0.05) is 78.4 Å². The molecule has 0 saturated carbocycles. The first-order chi connectivity index (χ1) is 16.6. The van der Waals surface area contributed by atoms with Gasteiger partial charge in [0.1, 0.15) is 11.9 Å². The third kappa shape index (κ3) is 5.58. The van der Waals surface area contributed by atoms with Crippen molar-refractivity contribution in [2.45, 2.75) is 55.9 Å². The summed E-state index contributed by atoms with van der Waals surface area (Å²) in [5.41, 5.74) is 2.40. The van der Waals surface area contributed by atoms with Crippen LogP contribution >= 0.6 is 0 Å². The zero-order chi connectivity index (χ0) is 25.1. The van der Waals surface area contributed by atoms with Crippen LogP contribution in [0.4, 0.5) is 0 Å². The third-order valence-electron chi connectivity index (χ3n) is 6.29. The van der Waals surface area contributed by atoms with Gasteiger partial charge in [0.05, 0.1) is 10.9 Å². The van der Waals surface area contributed by atoms with E-state index in [2.05, 4.69) is 53.2 Å². The first-order valence-corrected chi connectivity index (χ1v) is 16.9. The Hall–Kier alpha value is -2.74. The summed E-state index contributed by atoms with van der Waals surface area (Å²) in [6, 6.07) is 27.3. The molecule has 1 heterocycles. The average molecular weight is 507 g/mol. The van der Waals surface area contributed by atoms with Crippen LogP contribution in [0.15, 0.2) is 94.2 Å². The fourth-order valence-electron chi connectivity index (χ4n) is 4.85. The van der Waals surface area contributed by atoms with Gasteiger partial charge in [-0.05, 0) is 62.7 Å². The van der Waals surface area contributed by atoms with Crippen LogP contribution in [0.25, 0.3) is 0 Å². The molecular weight excluding hydrogens is 472 g/mol. The fourth-order valence-corrected chi connectivity index (χ4v) is 7.03. The second-order valence-electron chi connectivity index (χ2n) is 10.1. The van der Waals surface area contributed by atoms with Gasteiger partial charge in [-0.2, -0.15) is 8.42 Å². The van der Waals surface area contributed by atoms with E-state index in [1.54, 1.807) is 24.3 Å². The number of aryl methyl sites for hydroxylation is 1. The molecular formula is C28H34N2O3SSi. The molecule has 184 valence electrons. The van der Waals surface area contributed by atoms with Crippen LogP contribution in [0.2, 0.25) is 19.6 Å². The molecule has 3 aromatic carbocycles. The minimum absolute atomic E-state index is 0.101. The van der Waals surface area contributed by atoms with Crippen LogP contribution < -0.4 is 0 Å². The van der Waals surface area contributed by atoms with Crippen molar-refractivity contribution < 1.29 is 12.8 Å². The van der Waals surface area contributed by atoms with Crippen LogP contribution in [0.5, 0.6) is 0 Å². The molecule has 35 heavy (non-hydrogen) atoms. The van der Waals surface area contributed by atoms with Crippen LogP contribution in [-0.2, 0) is 20.1 Å². The standard InChI is InChI=1S/C28H34N2O3SSi/c1-23-17-19-26(20-18-23)34(31,32)29-22-30-21-11-16-27(30)28(33-35(2,3)4,24-12-7-5-8-13-24)25-14-9-6-10-15-25/h5-10,12-15,17-20,22,27H,11,16,21H2,1-4H3/t27-/m0/s1. The molecule has 0 unspecified atom stereocenters. The zero-order valence-corrected chi connectivity index (χ0v) is 22.7. The first-order valence-electron chi connectivity index (χ1n) is 12.1. The number of benzene rings is 3. The Balaban J connectivity index is 1.81. The molecule has 1 fully saturated rings. The predicted octanol–water partition coefficient (Wildman–Crippen LogP) is 5.97.